The molecule has 5 rings (SSSR count). The molecule has 1 saturated carbocycles. The number of aromatic nitrogens is 1. The molecule has 2 amide bonds. The second kappa shape index (κ2) is 12.3. The number of fused-ring (bicyclic) bond motifs is 1. The van der Waals surface area contributed by atoms with Crippen LogP contribution in [0.1, 0.15) is 24.0 Å². The third-order valence-electron chi connectivity index (χ3n) is 7.00. The maximum absolute atomic E-state index is 13.7. The van der Waals surface area contributed by atoms with E-state index < -0.39 is 0 Å². The fourth-order valence-corrected chi connectivity index (χ4v) is 4.77. The number of hydrogen-bond donors (Lipinski definition) is 1. The maximum atomic E-state index is 13.7. The van der Waals surface area contributed by atoms with Crippen molar-refractivity contribution in [2.24, 2.45) is 0 Å². The molecule has 202 valence electrons. The number of amides is 2. The number of aromatic amines is 1. The zero-order valence-electron chi connectivity index (χ0n) is 21.9. The molecule has 1 aromatic heterocycles. The lowest BCUT2D eigenvalue weighted by Crippen LogP contribution is -2.45. The SMILES string of the molecule is COc1ccc(CN(CCc2c[nH]c3ccccc23)C(=O)CN(C(=O)COc2ccc(Cl)cc2)C2CC2)cc1. The second-order valence-corrected chi connectivity index (χ2v) is 10.2. The average molecular weight is 546 g/mol. The van der Waals surface area contributed by atoms with Crippen molar-refractivity contribution in [1.82, 2.24) is 14.8 Å². The summed E-state index contributed by atoms with van der Waals surface area (Å²) >= 11 is 5.94. The van der Waals surface area contributed by atoms with Crippen LogP contribution in [-0.4, -0.2) is 59.4 Å². The van der Waals surface area contributed by atoms with Crippen molar-refractivity contribution in [2.45, 2.75) is 31.8 Å². The summed E-state index contributed by atoms with van der Waals surface area (Å²) in [5.74, 6) is 1.05. The molecule has 0 bridgehead atoms. The summed E-state index contributed by atoms with van der Waals surface area (Å²) in [4.78, 5) is 33.6. The second-order valence-electron chi connectivity index (χ2n) is 9.77. The van der Waals surface area contributed by atoms with E-state index in [2.05, 4.69) is 11.1 Å². The predicted octanol–water partition coefficient (Wildman–Crippen LogP) is 5.47. The summed E-state index contributed by atoms with van der Waals surface area (Å²) in [5.41, 5.74) is 3.23. The molecule has 39 heavy (non-hydrogen) atoms. The molecule has 0 unspecified atom stereocenters. The third kappa shape index (κ3) is 6.92. The van der Waals surface area contributed by atoms with Crippen LogP contribution in [0.3, 0.4) is 0 Å². The molecule has 1 heterocycles. The monoisotopic (exact) mass is 545 g/mol. The van der Waals surface area contributed by atoms with Gasteiger partial charge >= 0.3 is 0 Å². The number of nitrogens with zero attached hydrogens (tertiary/aromatic N) is 2. The number of benzene rings is 3. The van der Waals surface area contributed by atoms with E-state index >= 15 is 0 Å². The largest absolute Gasteiger partial charge is 0.497 e. The van der Waals surface area contributed by atoms with Gasteiger partial charge in [0.05, 0.1) is 7.11 Å². The minimum atomic E-state index is -0.193. The van der Waals surface area contributed by atoms with Crippen molar-refractivity contribution in [3.05, 3.63) is 95.1 Å². The number of carbonyl (C=O) groups excluding carboxylic acids is 2. The smallest absolute Gasteiger partial charge is 0.261 e. The predicted molar refractivity (Wildman–Crippen MR) is 152 cm³/mol. The van der Waals surface area contributed by atoms with Crippen molar-refractivity contribution < 1.29 is 19.1 Å². The first kappa shape index (κ1) is 26.6. The van der Waals surface area contributed by atoms with Crippen molar-refractivity contribution in [1.29, 1.82) is 0 Å². The normalized spacial score (nSPS) is 12.8. The maximum Gasteiger partial charge on any atom is 0.261 e. The highest BCUT2D eigenvalue weighted by molar-refractivity contribution is 6.30. The minimum Gasteiger partial charge on any atom is -0.497 e. The summed E-state index contributed by atoms with van der Waals surface area (Å²) in [6, 6.07) is 22.8. The van der Waals surface area contributed by atoms with Gasteiger partial charge in [0.15, 0.2) is 6.61 Å². The van der Waals surface area contributed by atoms with Gasteiger partial charge in [-0.05, 0) is 72.9 Å². The van der Waals surface area contributed by atoms with Gasteiger partial charge in [0.2, 0.25) is 5.91 Å². The number of ether oxygens (including phenoxy) is 2. The first-order chi connectivity index (χ1) is 19.0. The molecule has 1 N–H and O–H groups in total. The van der Waals surface area contributed by atoms with Crippen LogP contribution in [0.4, 0.5) is 0 Å². The van der Waals surface area contributed by atoms with E-state index in [4.69, 9.17) is 21.1 Å². The number of carbonyl (C=O) groups is 2. The Morgan fingerprint density at radius 2 is 1.67 bits per heavy atom. The molecule has 3 aromatic carbocycles. The van der Waals surface area contributed by atoms with Gasteiger partial charge in [-0.2, -0.15) is 0 Å². The lowest BCUT2D eigenvalue weighted by atomic mass is 10.1. The molecule has 8 heteroatoms. The Hall–Kier alpha value is -3.97. The highest BCUT2D eigenvalue weighted by atomic mass is 35.5. The zero-order chi connectivity index (χ0) is 27.2. The van der Waals surface area contributed by atoms with E-state index in [0.29, 0.717) is 30.3 Å². The Bertz CT molecular complexity index is 1410. The molecule has 1 fully saturated rings. The van der Waals surface area contributed by atoms with E-state index in [1.165, 1.54) is 0 Å². The van der Waals surface area contributed by atoms with Crippen molar-refractivity contribution in [3.63, 3.8) is 0 Å². The van der Waals surface area contributed by atoms with Gasteiger partial charge in [0.1, 0.15) is 18.0 Å². The van der Waals surface area contributed by atoms with Crippen LogP contribution < -0.4 is 9.47 Å². The number of halogens is 1. The highest BCUT2D eigenvalue weighted by Crippen LogP contribution is 2.27. The Labute approximate surface area is 233 Å². The number of rotatable bonds is 12. The van der Waals surface area contributed by atoms with E-state index in [1.807, 2.05) is 53.6 Å². The fraction of sp³-hybridized carbons (Fsp3) is 0.290. The molecule has 1 aliphatic rings. The van der Waals surface area contributed by atoms with E-state index in [9.17, 15) is 9.59 Å². The minimum absolute atomic E-state index is 0.0253. The molecule has 1 aliphatic carbocycles. The lowest BCUT2D eigenvalue weighted by Gasteiger charge is -2.28. The molecule has 0 spiro atoms. The number of nitrogens with one attached hydrogen (secondary N) is 1. The standard InChI is InChI=1S/C31H32ClN3O4/c1-38-26-12-6-22(7-13-26)19-34(17-16-23-18-33-29-5-3-2-4-28(23)29)30(36)20-35(25-10-11-25)31(37)21-39-27-14-8-24(32)9-15-27/h2-9,12-15,18,25,33H,10-11,16-17,19-21H2,1H3. The lowest BCUT2D eigenvalue weighted by molar-refractivity contribution is -0.142. The summed E-state index contributed by atoms with van der Waals surface area (Å²) in [7, 11) is 1.63. The summed E-state index contributed by atoms with van der Waals surface area (Å²) < 4.78 is 11.0. The topological polar surface area (TPSA) is 74.9 Å². The van der Waals surface area contributed by atoms with Gasteiger partial charge in [-0.1, -0.05) is 41.9 Å². The molecule has 4 aromatic rings. The zero-order valence-corrected chi connectivity index (χ0v) is 22.7. The Balaban J connectivity index is 1.28. The van der Waals surface area contributed by atoms with Gasteiger partial charge < -0.3 is 24.3 Å². The fourth-order valence-electron chi connectivity index (χ4n) is 4.65. The molecule has 0 radical (unpaired) electrons. The number of methoxy groups -OCH3 is 1. The van der Waals surface area contributed by atoms with Crippen LogP contribution >= 0.6 is 11.6 Å². The van der Waals surface area contributed by atoms with Crippen molar-refractivity contribution in [3.8, 4) is 11.5 Å². The summed E-state index contributed by atoms with van der Waals surface area (Å²) in [6.07, 6.45) is 4.50. The van der Waals surface area contributed by atoms with Crippen molar-refractivity contribution in [2.75, 3.05) is 26.8 Å². The van der Waals surface area contributed by atoms with Crippen LogP contribution in [0.25, 0.3) is 10.9 Å². The molecule has 7 nitrogen and oxygen atoms in total. The Morgan fingerprint density at radius 3 is 2.38 bits per heavy atom. The molecule has 0 atom stereocenters. The van der Waals surface area contributed by atoms with E-state index in [-0.39, 0.29) is 31.0 Å². The molecular formula is C31H32ClN3O4. The molecule has 0 saturated heterocycles. The first-order valence-electron chi connectivity index (χ1n) is 13.1. The van der Waals surface area contributed by atoms with Gasteiger partial charge in [0, 0.05) is 41.3 Å². The van der Waals surface area contributed by atoms with Crippen LogP contribution in [0.15, 0.2) is 79.0 Å². The van der Waals surface area contributed by atoms with Crippen LogP contribution in [0.2, 0.25) is 5.02 Å². The Morgan fingerprint density at radius 1 is 0.949 bits per heavy atom. The molecular weight excluding hydrogens is 514 g/mol. The van der Waals surface area contributed by atoms with Gasteiger partial charge in [-0.25, -0.2) is 0 Å². The Kier molecular flexibility index (Phi) is 8.37. The number of hydrogen-bond acceptors (Lipinski definition) is 4. The van der Waals surface area contributed by atoms with Crippen LogP contribution in [-0.2, 0) is 22.6 Å². The number of H-pyrrole nitrogens is 1. The van der Waals surface area contributed by atoms with Crippen LogP contribution in [0, 0.1) is 0 Å². The average Bonchev–Trinajstić information content (AvgIpc) is 3.73. The van der Waals surface area contributed by atoms with Gasteiger partial charge in [-0.15, -0.1) is 0 Å². The number of para-hydroxylation sites is 1. The van der Waals surface area contributed by atoms with Crippen molar-refractivity contribution >= 4 is 34.3 Å². The van der Waals surface area contributed by atoms with Crippen LogP contribution in [0.5, 0.6) is 11.5 Å². The van der Waals surface area contributed by atoms with Gasteiger partial charge in [-0.3, -0.25) is 9.59 Å². The summed E-state index contributed by atoms with van der Waals surface area (Å²) in [6.45, 7) is 0.872. The third-order valence-corrected chi connectivity index (χ3v) is 7.25. The molecule has 0 aliphatic heterocycles. The van der Waals surface area contributed by atoms with E-state index in [1.54, 1.807) is 36.3 Å². The summed E-state index contributed by atoms with van der Waals surface area (Å²) in [5, 5.41) is 1.76. The first-order valence-corrected chi connectivity index (χ1v) is 13.5. The quantitative estimate of drug-likeness (QED) is 0.256. The highest BCUT2D eigenvalue weighted by Gasteiger charge is 2.35. The van der Waals surface area contributed by atoms with E-state index in [0.717, 1.165) is 40.6 Å². The van der Waals surface area contributed by atoms with Gasteiger partial charge in [0.25, 0.3) is 5.91 Å².